The molecule has 4 nitrogen and oxygen atoms in total. The molecule has 5 heteroatoms. The lowest BCUT2D eigenvalue weighted by Gasteiger charge is -2.22. The van der Waals surface area contributed by atoms with E-state index in [4.69, 9.17) is 4.74 Å². The van der Waals surface area contributed by atoms with Gasteiger partial charge in [0.2, 0.25) is 5.91 Å². The quantitative estimate of drug-likeness (QED) is 0.692. The Morgan fingerprint density at radius 2 is 1.76 bits per heavy atom. The topological polar surface area (TPSA) is 50.4 Å². The van der Waals surface area contributed by atoms with Crippen molar-refractivity contribution in [3.63, 3.8) is 0 Å². The molecule has 25 heavy (non-hydrogen) atoms. The van der Waals surface area contributed by atoms with Crippen LogP contribution in [0.25, 0.3) is 0 Å². The van der Waals surface area contributed by atoms with E-state index in [1.165, 1.54) is 5.56 Å². The van der Waals surface area contributed by atoms with Crippen LogP contribution in [0.5, 0.6) is 5.75 Å². The van der Waals surface area contributed by atoms with E-state index in [0.717, 1.165) is 22.2 Å². The highest BCUT2D eigenvalue weighted by atomic mass is 79.9. The van der Waals surface area contributed by atoms with Gasteiger partial charge in [-0.2, -0.15) is 0 Å². The van der Waals surface area contributed by atoms with Gasteiger partial charge in [-0.1, -0.05) is 47.1 Å². The molecule has 0 aliphatic rings. The Morgan fingerprint density at radius 1 is 1.12 bits per heavy atom. The van der Waals surface area contributed by atoms with Crippen LogP contribution in [0, 0.1) is 0 Å². The normalized spacial score (nSPS) is 13.1. The third-order valence-electron chi connectivity index (χ3n) is 4.15. The molecule has 0 radical (unpaired) electrons. The third-order valence-corrected chi connectivity index (χ3v) is 4.68. The maximum atomic E-state index is 12.4. The lowest BCUT2D eigenvalue weighted by atomic mass is 10.0. The van der Waals surface area contributed by atoms with Gasteiger partial charge in [0.1, 0.15) is 5.75 Å². The Labute approximate surface area is 158 Å². The molecular weight excluding hydrogens is 380 g/mol. The summed E-state index contributed by atoms with van der Waals surface area (Å²) in [5.74, 6) is 0.803. The second-order valence-electron chi connectivity index (χ2n) is 5.97. The number of methoxy groups -OCH3 is 1. The molecule has 1 amide bonds. The van der Waals surface area contributed by atoms with Gasteiger partial charge in [0.05, 0.1) is 13.2 Å². The summed E-state index contributed by atoms with van der Waals surface area (Å²) in [6.45, 7) is 4.51. The largest absolute Gasteiger partial charge is 0.497 e. The number of nitrogens with one attached hydrogen (secondary N) is 2. The smallest absolute Gasteiger partial charge is 0.237 e. The molecule has 0 aromatic heterocycles. The number of benzene rings is 2. The molecule has 0 aliphatic carbocycles. The summed E-state index contributed by atoms with van der Waals surface area (Å²) in [5, 5.41) is 6.39. The zero-order chi connectivity index (χ0) is 18.2. The zero-order valence-corrected chi connectivity index (χ0v) is 16.5. The van der Waals surface area contributed by atoms with E-state index < -0.39 is 0 Å². The molecule has 0 saturated heterocycles. The van der Waals surface area contributed by atoms with E-state index in [1.54, 1.807) is 7.11 Å². The molecule has 0 spiro atoms. The van der Waals surface area contributed by atoms with Gasteiger partial charge in [-0.15, -0.1) is 0 Å². The van der Waals surface area contributed by atoms with E-state index in [-0.39, 0.29) is 18.0 Å². The molecule has 0 unspecified atom stereocenters. The molecular formula is C20H25BrN2O2. The first kappa shape index (κ1) is 19.5. The van der Waals surface area contributed by atoms with Crippen LogP contribution in [0.1, 0.15) is 37.4 Å². The van der Waals surface area contributed by atoms with Crippen molar-refractivity contribution in [2.24, 2.45) is 0 Å². The Hall–Kier alpha value is -1.85. The maximum Gasteiger partial charge on any atom is 0.237 e. The van der Waals surface area contributed by atoms with Gasteiger partial charge in [0.25, 0.3) is 0 Å². The van der Waals surface area contributed by atoms with Crippen LogP contribution in [0.3, 0.4) is 0 Å². The van der Waals surface area contributed by atoms with Crippen molar-refractivity contribution in [3.8, 4) is 5.75 Å². The van der Waals surface area contributed by atoms with Gasteiger partial charge in [-0.25, -0.2) is 0 Å². The third kappa shape index (κ3) is 5.87. The van der Waals surface area contributed by atoms with Crippen LogP contribution >= 0.6 is 15.9 Å². The van der Waals surface area contributed by atoms with Crippen LogP contribution in [0.15, 0.2) is 53.0 Å². The molecule has 2 aromatic carbocycles. The standard InChI is InChI=1S/C20H25BrN2O2/c1-4-19(16-7-9-17(21)10-8-16)23-14(2)20(24)22-13-15-5-11-18(25-3)12-6-15/h5-12,14,19,23H,4,13H2,1-3H3,(H,22,24)/t14-,19-/m0/s1. The average molecular weight is 405 g/mol. The molecule has 0 heterocycles. The van der Waals surface area contributed by atoms with Crippen LogP contribution in [0.4, 0.5) is 0 Å². The first-order valence-corrected chi connectivity index (χ1v) is 9.25. The number of rotatable bonds is 8. The Morgan fingerprint density at radius 3 is 2.32 bits per heavy atom. The first-order chi connectivity index (χ1) is 12.0. The highest BCUT2D eigenvalue weighted by molar-refractivity contribution is 9.10. The highest BCUT2D eigenvalue weighted by Gasteiger charge is 2.17. The van der Waals surface area contributed by atoms with Crippen molar-refractivity contribution in [2.75, 3.05) is 7.11 Å². The summed E-state index contributed by atoms with van der Waals surface area (Å²) >= 11 is 3.45. The molecule has 2 rings (SSSR count). The van der Waals surface area contributed by atoms with E-state index in [2.05, 4.69) is 45.6 Å². The Balaban J connectivity index is 1.88. The predicted octanol–water partition coefficient (Wildman–Crippen LogP) is 4.20. The van der Waals surface area contributed by atoms with Crippen molar-refractivity contribution >= 4 is 21.8 Å². The van der Waals surface area contributed by atoms with Gasteiger partial charge in [0.15, 0.2) is 0 Å². The summed E-state index contributed by atoms with van der Waals surface area (Å²) in [4.78, 5) is 12.4. The maximum absolute atomic E-state index is 12.4. The minimum absolute atomic E-state index is 0.00798. The van der Waals surface area contributed by atoms with E-state index >= 15 is 0 Å². The molecule has 2 aromatic rings. The number of carbonyl (C=O) groups is 1. The van der Waals surface area contributed by atoms with Crippen LogP contribution in [-0.2, 0) is 11.3 Å². The fourth-order valence-electron chi connectivity index (χ4n) is 2.61. The van der Waals surface area contributed by atoms with E-state index in [1.807, 2.05) is 43.3 Å². The molecule has 134 valence electrons. The van der Waals surface area contributed by atoms with Crippen molar-refractivity contribution in [3.05, 3.63) is 64.1 Å². The van der Waals surface area contributed by atoms with Crippen LogP contribution in [0.2, 0.25) is 0 Å². The second-order valence-corrected chi connectivity index (χ2v) is 6.88. The first-order valence-electron chi connectivity index (χ1n) is 8.45. The molecule has 0 aliphatic heterocycles. The fraction of sp³-hybridized carbons (Fsp3) is 0.350. The lowest BCUT2D eigenvalue weighted by molar-refractivity contribution is -0.123. The number of hydrogen-bond acceptors (Lipinski definition) is 3. The summed E-state index contributed by atoms with van der Waals surface area (Å²) in [5.41, 5.74) is 2.22. The van der Waals surface area contributed by atoms with E-state index in [0.29, 0.717) is 6.54 Å². The number of ether oxygens (including phenoxy) is 1. The molecule has 2 N–H and O–H groups in total. The Kier molecular flexibility index (Phi) is 7.47. The van der Waals surface area contributed by atoms with Gasteiger partial charge < -0.3 is 10.1 Å². The molecule has 0 bridgehead atoms. The zero-order valence-electron chi connectivity index (χ0n) is 14.9. The van der Waals surface area contributed by atoms with Gasteiger partial charge in [-0.3, -0.25) is 10.1 Å². The number of carbonyl (C=O) groups excluding carboxylic acids is 1. The second kappa shape index (κ2) is 9.59. The SMILES string of the molecule is CC[C@H](N[C@@H](C)C(=O)NCc1ccc(OC)cc1)c1ccc(Br)cc1. The number of halogens is 1. The fourth-order valence-corrected chi connectivity index (χ4v) is 2.87. The number of hydrogen-bond donors (Lipinski definition) is 2. The van der Waals surface area contributed by atoms with Gasteiger partial charge >= 0.3 is 0 Å². The van der Waals surface area contributed by atoms with Crippen LogP contribution < -0.4 is 15.4 Å². The van der Waals surface area contributed by atoms with E-state index in [9.17, 15) is 4.79 Å². The average Bonchev–Trinajstić information content (AvgIpc) is 2.65. The monoisotopic (exact) mass is 404 g/mol. The van der Waals surface area contributed by atoms with Crippen molar-refractivity contribution in [2.45, 2.75) is 38.9 Å². The lowest BCUT2D eigenvalue weighted by Crippen LogP contribution is -2.43. The van der Waals surface area contributed by atoms with Crippen molar-refractivity contribution < 1.29 is 9.53 Å². The predicted molar refractivity (Wildman–Crippen MR) is 105 cm³/mol. The number of amides is 1. The summed E-state index contributed by atoms with van der Waals surface area (Å²) in [6.07, 6.45) is 0.914. The highest BCUT2D eigenvalue weighted by Crippen LogP contribution is 2.20. The summed E-state index contributed by atoms with van der Waals surface area (Å²) < 4.78 is 6.19. The summed E-state index contributed by atoms with van der Waals surface area (Å²) in [7, 11) is 1.64. The van der Waals surface area contributed by atoms with Crippen molar-refractivity contribution in [1.29, 1.82) is 0 Å². The Bertz CT molecular complexity index is 671. The minimum Gasteiger partial charge on any atom is -0.497 e. The minimum atomic E-state index is -0.271. The molecule has 0 fully saturated rings. The van der Waals surface area contributed by atoms with Gasteiger partial charge in [-0.05, 0) is 48.7 Å². The van der Waals surface area contributed by atoms with Gasteiger partial charge in [0, 0.05) is 17.1 Å². The molecule has 2 atom stereocenters. The van der Waals surface area contributed by atoms with Crippen LogP contribution in [-0.4, -0.2) is 19.1 Å². The van der Waals surface area contributed by atoms with Crippen molar-refractivity contribution in [1.82, 2.24) is 10.6 Å². The molecule has 0 saturated carbocycles. The summed E-state index contributed by atoms with van der Waals surface area (Å²) in [6, 6.07) is 15.8.